The summed E-state index contributed by atoms with van der Waals surface area (Å²) in [6.45, 7) is 2.65. The molecule has 0 aliphatic rings. The van der Waals surface area contributed by atoms with Gasteiger partial charge in [0.1, 0.15) is 0 Å². The van der Waals surface area contributed by atoms with E-state index in [1.807, 2.05) is 25.1 Å². The molecule has 0 bridgehead atoms. The van der Waals surface area contributed by atoms with Crippen LogP contribution in [0.15, 0.2) is 30.3 Å². The second-order valence-corrected chi connectivity index (χ2v) is 2.46. The smallest absolute Gasteiger partial charge is 0.307 e. The fourth-order valence-electron chi connectivity index (χ4n) is 0.770. The van der Waals surface area contributed by atoms with Gasteiger partial charge in [0.25, 0.3) is 0 Å². The van der Waals surface area contributed by atoms with Crippen LogP contribution in [0.25, 0.3) is 0 Å². The average Bonchev–Trinajstić information content (AvgIpc) is 2.06. The maximum Gasteiger partial charge on any atom is 0.307 e. The van der Waals surface area contributed by atoms with Crippen molar-refractivity contribution in [2.45, 2.75) is 13.3 Å². The Hall–Kier alpha value is -1.35. The molecule has 1 aromatic carbocycles. The second-order valence-electron chi connectivity index (χ2n) is 2.46. The van der Waals surface area contributed by atoms with Crippen LogP contribution in [-0.2, 0) is 11.2 Å². The minimum Gasteiger partial charge on any atom is -0.481 e. The molecule has 0 unspecified atom stereocenters. The lowest BCUT2D eigenvalue weighted by atomic mass is 10.2. The van der Waals surface area contributed by atoms with Crippen molar-refractivity contribution in [2.75, 3.05) is 6.54 Å². The van der Waals surface area contributed by atoms with Crippen LogP contribution in [0, 0.1) is 0 Å². The number of hydrogen-bond acceptors (Lipinski definition) is 2. The predicted octanol–water partition coefficient (Wildman–Crippen LogP) is 1.28. The van der Waals surface area contributed by atoms with Gasteiger partial charge in [0.2, 0.25) is 0 Å². The van der Waals surface area contributed by atoms with Crippen LogP contribution in [0.4, 0.5) is 0 Å². The zero-order chi connectivity index (χ0) is 10.1. The van der Waals surface area contributed by atoms with E-state index >= 15 is 0 Å². The standard InChI is InChI=1S/C8H8O2.C2H7N/c9-8(10)6-7-4-2-1-3-5-7;1-2-3/h1-5H,6H2,(H,9,10);2-3H2,1H3. The molecule has 0 heterocycles. The summed E-state index contributed by atoms with van der Waals surface area (Å²) in [5.41, 5.74) is 5.69. The molecule has 0 aliphatic heterocycles. The summed E-state index contributed by atoms with van der Waals surface area (Å²) >= 11 is 0. The monoisotopic (exact) mass is 181 g/mol. The average molecular weight is 181 g/mol. The van der Waals surface area contributed by atoms with E-state index in [-0.39, 0.29) is 6.42 Å². The molecule has 3 nitrogen and oxygen atoms in total. The summed E-state index contributed by atoms with van der Waals surface area (Å²) in [5.74, 6) is -0.786. The molecule has 13 heavy (non-hydrogen) atoms. The maximum absolute atomic E-state index is 10.2. The third-order valence-electron chi connectivity index (χ3n) is 1.20. The lowest BCUT2D eigenvalue weighted by Gasteiger charge is -1.92. The quantitative estimate of drug-likeness (QED) is 0.722. The molecule has 3 N–H and O–H groups in total. The van der Waals surface area contributed by atoms with Gasteiger partial charge in [0, 0.05) is 0 Å². The van der Waals surface area contributed by atoms with E-state index in [4.69, 9.17) is 10.8 Å². The van der Waals surface area contributed by atoms with Gasteiger partial charge in [-0.1, -0.05) is 37.3 Å². The molecular formula is C10H15NO2. The second kappa shape index (κ2) is 7.31. The van der Waals surface area contributed by atoms with Gasteiger partial charge >= 0.3 is 5.97 Å². The van der Waals surface area contributed by atoms with Crippen LogP contribution in [-0.4, -0.2) is 17.6 Å². The SMILES string of the molecule is CCN.O=C(O)Cc1ccccc1. The van der Waals surface area contributed by atoms with Gasteiger partial charge in [-0.05, 0) is 12.1 Å². The lowest BCUT2D eigenvalue weighted by molar-refractivity contribution is -0.136. The Morgan fingerprint density at radius 2 is 1.85 bits per heavy atom. The van der Waals surface area contributed by atoms with Crippen LogP contribution >= 0.6 is 0 Å². The summed E-state index contributed by atoms with van der Waals surface area (Å²) in [6, 6.07) is 9.13. The molecule has 0 amide bonds. The normalized spacial score (nSPS) is 8.46. The van der Waals surface area contributed by atoms with Crippen LogP contribution in [0.5, 0.6) is 0 Å². The molecule has 0 saturated heterocycles. The first-order valence-corrected chi connectivity index (χ1v) is 4.16. The minimum absolute atomic E-state index is 0.112. The number of carboxylic acid groups (broad SMARTS) is 1. The summed E-state index contributed by atoms with van der Waals surface area (Å²) < 4.78 is 0. The molecule has 0 fully saturated rings. The molecule has 1 aromatic rings. The molecule has 3 heteroatoms. The van der Waals surface area contributed by atoms with Gasteiger partial charge in [-0.25, -0.2) is 0 Å². The first kappa shape index (κ1) is 11.6. The number of carbonyl (C=O) groups is 1. The Morgan fingerprint density at radius 1 is 1.38 bits per heavy atom. The number of nitrogens with two attached hydrogens (primary N) is 1. The van der Waals surface area contributed by atoms with Crippen LogP contribution in [0.2, 0.25) is 0 Å². The van der Waals surface area contributed by atoms with Gasteiger partial charge in [0.15, 0.2) is 0 Å². The number of aliphatic carboxylic acids is 1. The lowest BCUT2D eigenvalue weighted by Crippen LogP contribution is -1.98. The van der Waals surface area contributed by atoms with E-state index in [9.17, 15) is 4.79 Å². The molecule has 0 spiro atoms. The van der Waals surface area contributed by atoms with Gasteiger partial charge in [-0.15, -0.1) is 0 Å². The van der Waals surface area contributed by atoms with E-state index in [0.717, 1.165) is 12.1 Å². The van der Waals surface area contributed by atoms with Crippen molar-refractivity contribution in [3.8, 4) is 0 Å². The van der Waals surface area contributed by atoms with Crippen molar-refractivity contribution in [2.24, 2.45) is 5.73 Å². The zero-order valence-electron chi connectivity index (χ0n) is 7.73. The minimum atomic E-state index is -0.786. The molecule has 72 valence electrons. The molecule has 0 aromatic heterocycles. The summed E-state index contributed by atoms with van der Waals surface area (Å²) in [7, 11) is 0. The van der Waals surface area contributed by atoms with Crippen LogP contribution in [0.1, 0.15) is 12.5 Å². The molecule has 0 atom stereocenters. The number of hydrogen-bond donors (Lipinski definition) is 2. The van der Waals surface area contributed by atoms with E-state index in [1.165, 1.54) is 0 Å². The topological polar surface area (TPSA) is 63.3 Å². The number of carboxylic acids is 1. The summed E-state index contributed by atoms with van der Waals surface area (Å²) in [4.78, 5) is 10.2. The van der Waals surface area contributed by atoms with Crippen molar-refractivity contribution in [3.63, 3.8) is 0 Å². The fraction of sp³-hybridized carbons (Fsp3) is 0.300. The Morgan fingerprint density at radius 3 is 2.23 bits per heavy atom. The Kier molecular flexibility index (Phi) is 6.55. The van der Waals surface area contributed by atoms with Gasteiger partial charge in [-0.2, -0.15) is 0 Å². The highest BCUT2D eigenvalue weighted by Gasteiger charge is 1.96. The predicted molar refractivity (Wildman–Crippen MR) is 52.5 cm³/mol. The molecule has 1 rings (SSSR count). The van der Waals surface area contributed by atoms with Gasteiger partial charge in [0.05, 0.1) is 6.42 Å². The van der Waals surface area contributed by atoms with E-state index < -0.39 is 5.97 Å². The van der Waals surface area contributed by atoms with Crippen molar-refractivity contribution >= 4 is 5.97 Å². The van der Waals surface area contributed by atoms with Crippen molar-refractivity contribution in [3.05, 3.63) is 35.9 Å². The third kappa shape index (κ3) is 7.03. The Bertz CT molecular complexity index is 234. The van der Waals surface area contributed by atoms with Crippen LogP contribution < -0.4 is 5.73 Å². The van der Waals surface area contributed by atoms with Gasteiger partial charge in [-0.3, -0.25) is 4.79 Å². The zero-order valence-corrected chi connectivity index (χ0v) is 7.73. The van der Waals surface area contributed by atoms with Crippen LogP contribution in [0.3, 0.4) is 0 Å². The Balaban J connectivity index is 0.000000424. The largest absolute Gasteiger partial charge is 0.481 e. The van der Waals surface area contributed by atoms with Crippen molar-refractivity contribution in [1.29, 1.82) is 0 Å². The summed E-state index contributed by atoms with van der Waals surface area (Å²) in [5, 5.41) is 8.37. The van der Waals surface area contributed by atoms with Crippen molar-refractivity contribution < 1.29 is 9.90 Å². The molecule has 0 saturated carbocycles. The third-order valence-corrected chi connectivity index (χ3v) is 1.20. The van der Waals surface area contributed by atoms with Crippen molar-refractivity contribution in [1.82, 2.24) is 0 Å². The number of benzene rings is 1. The maximum atomic E-state index is 10.2. The first-order valence-electron chi connectivity index (χ1n) is 4.16. The highest BCUT2D eigenvalue weighted by atomic mass is 16.4. The molecule has 0 aliphatic carbocycles. The summed E-state index contributed by atoms with van der Waals surface area (Å²) in [6.07, 6.45) is 0.112. The first-order chi connectivity index (χ1) is 6.20. The molecule has 0 radical (unpaired) electrons. The highest BCUT2D eigenvalue weighted by Crippen LogP contribution is 1.98. The molecular weight excluding hydrogens is 166 g/mol. The highest BCUT2D eigenvalue weighted by molar-refractivity contribution is 5.70. The van der Waals surface area contributed by atoms with E-state index in [2.05, 4.69) is 0 Å². The Labute approximate surface area is 78.2 Å². The van der Waals surface area contributed by atoms with E-state index in [1.54, 1.807) is 12.1 Å². The fourth-order valence-corrected chi connectivity index (χ4v) is 0.770. The van der Waals surface area contributed by atoms with E-state index in [0.29, 0.717) is 0 Å². The number of rotatable bonds is 2. The van der Waals surface area contributed by atoms with Gasteiger partial charge < -0.3 is 10.8 Å².